The highest BCUT2D eigenvalue weighted by atomic mass is 28.4. The highest BCUT2D eigenvalue weighted by Crippen LogP contribution is 2.69. The smallest absolute Gasteiger partial charge is 0.192 e. The van der Waals surface area contributed by atoms with Crippen LogP contribution in [-0.2, 0) is 9.22 Å². The standard InChI is InChI=1S/C27H48O4Si/c1-24(2,3)32(6,7)31-19-10-13-25(4)18(16-19)8-9-21-20(25)11-14-26(5)22(23(29)17-28)12-15-27(21,26)30/h18-22,28,30H,8-17H2,1-7H3/t18-,19+,20+,21-,22-,25+,26-,27+/m1/s1. The first-order valence-electron chi connectivity index (χ1n) is 13.2. The normalized spacial score (nSPS) is 46.8. The molecule has 4 aliphatic carbocycles. The van der Waals surface area contributed by atoms with Crippen molar-refractivity contribution in [2.45, 2.75) is 122 Å². The van der Waals surface area contributed by atoms with Crippen LogP contribution < -0.4 is 0 Å². The summed E-state index contributed by atoms with van der Waals surface area (Å²) in [5.41, 5.74) is -0.861. The Balaban J connectivity index is 1.52. The highest BCUT2D eigenvalue weighted by Gasteiger charge is 2.68. The fraction of sp³-hybridized carbons (Fsp3) is 0.963. The molecule has 32 heavy (non-hydrogen) atoms. The molecule has 4 aliphatic rings. The number of hydrogen-bond donors (Lipinski definition) is 2. The average molecular weight is 465 g/mol. The van der Waals surface area contributed by atoms with Crippen LogP contribution in [0.15, 0.2) is 0 Å². The van der Waals surface area contributed by atoms with E-state index < -0.39 is 13.9 Å². The maximum atomic E-state index is 12.5. The molecular formula is C27H48O4Si. The maximum Gasteiger partial charge on any atom is 0.192 e. The summed E-state index contributed by atoms with van der Waals surface area (Å²) in [6.45, 7) is 16.0. The number of rotatable bonds is 4. The Kier molecular flexibility index (Phi) is 6.14. The maximum absolute atomic E-state index is 12.5. The number of ketones is 1. The van der Waals surface area contributed by atoms with Gasteiger partial charge in [0.05, 0.1) is 5.60 Å². The van der Waals surface area contributed by atoms with E-state index in [1.165, 1.54) is 19.3 Å². The number of carbonyl (C=O) groups excluding carboxylic acids is 1. The van der Waals surface area contributed by atoms with E-state index in [0.717, 1.165) is 38.5 Å². The molecule has 4 fully saturated rings. The lowest BCUT2D eigenvalue weighted by atomic mass is 9.43. The van der Waals surface area contributed by atoms with E-state index in [2.05, 4.69) is 47.7 Å². The van der Waals surface area contributed by atoms with Gasteiger partial charge in [-0.3, -0.25) is 4.79 Å². The Labute approximate surface area is 197 Å². The van der Waals surface area contributed by atoms with Gasteiger partial charge >= 0.3 is 0 Å². The first kappa shape index (κ1) is 24.9. The third-order valence-corrected chi connectivity index (χ3v) is 16.2. The van der Waals surface area contributed by atoms with Crippen molar-refractivity contribution < 1.29 is 19.4 Å². The van der Waals surface area contributed by atoms with Crippen molar-refractivity contribution in [2.24, 2.45) is 34.5 Å². The summed E-state index contributed by atoms with van der Waals surface area (Å²) >= 11 is 0. The minimum absolute atomic E-state index is 0.0648. The van der Waals surface area contributed by atoms with Gasteiger partial charge in [-0.05, 0) is 99.1 Å². The zero-order chi connectivity index (χ0) is 23.7. The second-order valence-corrected chi connectivity index (χ2v) is 18.6. The van der Waals surface area contributed by atoms with E-state index in [-0.39, 0.29) is 40.1 Å². The number of carbonyl (C=O) groups is 1. The zero-order valence-corrected chi connectivity index (χ0v) is 22.7. The fourth-order valence-corrected chi connectivity index (χ4v) is 9.91. The quantitative estimate of drug-likeness (QED) is 0.523. The lowest BCUT2D eigenvalue weighted by Gasteiger charge is -2.63. The molecule has 2 N–H and O–H groups in total. The van der Waals surface area contributed by atoms with E-state index in [1.54, 1.807) is 0 Å². The van der Waals surface area contributed by atoms with Crippen LogP contribution >= 0.6 is 0 Å². The molecule has 0 aromatic heterocycles. The Morgan fingerprint density at radius 3 is 2.31 bits per heavy atom. The molecule has 0 radical (unpaired) electrons. The molecule has 8 atom stereocenters. The second kappa shape index (κ2) is 7.89. The molecule has 0 aromatic carbocycles. The van der Waals surface area contributed by atoms with E-state index in [0.29, 0.717) is 17.9 Å². The molecule has 0 heterocycles. The SMILES string of the molecule is CC(C)(C)[Si](C)(C)O[C@H]1CC[C@@]2(C)[C@H](CC[C@@H]3[C@@H]2CC[C@]2(C)[C@@H](C(=O)CO)CC[C@]32O)C1. The molecule has 0 aliphatic heterocycles. The minimum Gasteiger partial charge on any atom is -0.414 e. The van der Waals surface area contributed by atoms with Gasteiger partial charge in [0.2, 0.25) is 0 Å². The second-order valence-electron chi connectivity index (χ2n) is 13.9. The number of aliphatic hydroxyl groups is 2. The van der Waals surface area contributed by atoms with Crippen LogP contribution in [0.4, 0.5) is 0 Å². The van der Waals surface area contributed by atoms with Crippen LogP contribution in [0, 0.1) is 34.5 Å². The molecule has 0 aromatic rings. The molecule has 4 rings (SSSR count). The van der Waals surface area contributed by atoms with E-state index in [1.807, 2.05) is 0 Å². The molecule has 4 saturated carbocycles. The highest BCUT2D eigenvalue weighted by molar-refractivity contribution is 6.74. The predicted molar refractivity (Wildman–Crippen MR) is 131 cm³/mol. The summed E-state index contributed by atoms with van der Waals surface area (Å²) in [4.78, 5) is 12.5. The molecule has 0 bridgehead atoms. The molecule has 184 valence electrons. The Hall–Kier alpha value is -0.233. The summed E-state index contributed by atoms with van der Waals surface area (Å²) in [6.07, 6.45) is 9.63. The van der Waals surface area contributed by atoms with Gasteiger partial charge < -0.3 is 14.6 Å². The van der Waals surface area contributed by atoms with Crippen molar-refractivity contribution in [1.29, 1.82) is 0 Å². The largest absolute Gasteiger partial charge is 0.414 e. The van der Waals surface area contributed by atoms with Crippen LogP contribution in [-0.4, -0.2) is 42.6 Å². The fourth-order valence-electron chi connectivity index (χ4n) is 8.51. The Morgan fingerprint density at radius 2 is 1.69 bits per heavy atom. The first-order valence-corrected chi connectivity index (χ1v) is 16.1. The van der Waals surface area contributed by atoms with Gasteiger partial charge in [-0.25, -0.2) is 0 Å². The number of hydrogen-bond acceptors (Lipinski definition) is 4. The molecule has 0 amide bonds. The van der Waals surface area contributed by atoms with Crippen LogP contribution in [0.1, 0.15) is 92.4 Å². The van der Waals surface area contributed by atoms with Crippen molar-refractivity contribution in [3.63, 3.8) is 0 Å². The van der Waals surface area contributed by atoms with Crippen molar-refractivity contribution in [3.8, 4) is 0 Å². The van der Waals surface area contributed by atoms with Gasteiger partial charge in [-0.15, -0.1) is 0 Å². The lowest BCUT2D eigenvalue weighted by molar-refractivity contribution is -0.210. The Morgan fingerprint density at radius 1 is 1.00 bits per heavy atom. The number of Topliss-reactive ketones (excluding diaryl/α,β-unsaturated/α-hetero) is 1. The third-order valence-electron chi connectivity index (χ3n) is 11.6. The average Bonchev–Trinajstić information content (AvgIpc) is 2.98. The Bertz CT molecular complexity index is 744. The predicted octanol–water partition coefficient (Wildman–Crippen LogP) is 5.71. The topological polar surface area (TPSA) is 66.8 Å². The summed E-state index contributed by atoms with van der Waals surface area (Å²) in [5, 5.41) is 21.9. The van der Waals surface area contributed by atoms with Gasteiger partial charge in [-0.2, -0.15) is 0 Å². The lowest BCUT2D eigenvalue weighted by Crippen LogP contribution is -2.63. The summed E-state index contributed by atoms with van der Waals surface area (Å²) in [7, 11) is -1.76. The molecular weight excluding hydrogens is 416 g/mol. The zero-order valence-electron chi connectivity index (χ0n) is 21.7. The van der Waals surface area contributed by atoms with Gasteiger partial charge in [-0.1, -0.05) is 34.6 Å². The first-order chi connectivity index (χ1) is 14.7. The van der Waals surface area contributed by atoms with E-state index >= 15 is 0 Å². The molecule has 5 heteroatoms. The summed E-state index contributed by atoms with van der Waals surface area (Å²) in [6, 6.07) is 0. The van der Waals surface area contributed by atoms with Gasteiger partial charge in [0, 0.05) is 17.4 Å². The third kappa shape index (κ3) is 3.51. The molecule has 0 spiro atoms. The van der Waals surface area contributed by atoms with Crippen LogP contribution in [0.25, 0.3) is 0 Å². The van der Waals surface area contributed by atoms with Gasteiger partial charge in [0.25, 0.3) is 0 Å². The number of aliphatic hydroxyl groups excluding tert-OH is 1. The van der Waals surface area contributed by atoms with E-state index in [4.69, 9.17) is 4.43 Å². The van der Waals surface area contributed by atoms with Crippen molar-refractivity contribution in [1.82, 2.24) is 0 Å². The summed E-state index contributed by atoms with van der Waals surface area (Å²) in [5.74, 6) is 1.26. The molecule has 0 unspecified atom stereocenters. The monoisotopic (exact) mass is 464 g/mol. The number of fused-ring (bicyclic) bond motifs is 5. The van der Waals surface area contributed by atoms with Crippen LogP contribution in [0.5, 0.6) is 0 Å². The minimum atomic E-state index is -1.76. The molecule has 0 saturated heterocycles. The van der Waals surface area contributed by atoms with Crippen molar-refractivity contribution in [2.75, 3.05) is 6.61 Å². The van der Waals surface area contributed by atoms with Gasteiger partial charge in [0.1, 0.15) is 6.61 Å². The van der Waals surface area contributed by atoms with E-state index in [9.17, 15) is 15.0 Å². The van der Waals surface area contributed by atoms with Gasteiger partial charge in [0.15, 0.2) is 14.1 Å². The molecule has 4 nitrogen and oxygen atoms in total. The van der Waals surface area contributed by atoms with Crippen molar-refractivity contribution >= 4 is 14.1 Å². The van der Waals surface area contributed by atoms with Crippen LogP contribution in [0.2, 0.25) is 18.1 Å². The van der Waals surface area contributed by atoms with Crippen LogP contribution in [0.3, 0.4) is 0 Å². The van der Waals surface area contributed by atoms with Crippen molar-refractivity contribution in [3.05, 3.63) is 0 Å². The summed E-state index contributed by atoms with van der Waals surface area (Å²) < 4.78 is 6.86.